The summed E-state index contributed by atoms with van der Waals surface area (Å²) in [6.07, 6.45) is 13.5. The second-order valence-corrected chi connectivity index (χ2v) is 13.0. The highest BCUT2D eigenvalue weighted by Crippen LogP contribution is 2.13. The van der Waals surface area contributed by atoms with Crippen molar-refractivity contribution >= 4 is 35.5 Å². The zero-order chi connectivity index (χ0) is 35.8. The van der Waals surface area contributed by atoms with E-state index >= 15 is 0 Å². The quantitative estimate of drug-likeness (QED) is 0.0646. The molecule has 47 heavy (non-hydrogen) atoms. The van der Waals surface area contributed by atoms with Gasteiger partial charge in [0.1, 0.15) is 24.2 Å². The number of likely N-dealkylation sites (N-methyl/N-ethyl adjacent to an activating group) is 1. The maximum atomic E-state index is 13.0. The van der Waals surface area contributed by atoms with Crippen LogP contribution in [-0.4, -0.2) is 83.0 Å². The fraction of sp³-hybridized carbons (Fsp3) is 0.824. The van der Waals surface area contributed by atoms with Crippen molar-refractivity contribution in [1.82, 2.24) is 26.6 Å². The van der Waals surface area contributed by atoms with E-state index in [-0.39, 0.29) is 12.3 Å². The molecule has 0 spiro atoms. The Morgan fingerprint density at radius 2 is 1.09 bits per heavy atom. The molecule has 0 bridgehead atoms. The highest BCUT2D eigenvalue weighted by Gasteiger charge is 2.32. The second kappa shape index (κ2) is 25.8. The van der Waals surface area contributed by atoms with Crippen LogP contribution in [0.5, 0.6) is 0 Å². The van der Waals surface area contributed by atoms with Crippen molar-refractivity contribution in [1.29, 1.82) is 0 Å². The lowest BCUT2D eigenvalue weighted by molar-refractivity contribution is -0.142. The average molecular weight is 670 g/mol. The number of hydrogen-bond donors (Lipinski definition) is 7. The van der Waals surface area contributed by atoms with Gasteiger partial charge in [-0.05, 0) is 32.6 Å². The van der Waals surface area contributed by atoms with E-state index in [1.165, 1.54) is 78.7 Å². The number of unbranched alkanes of at least 4 members (excludes halogenated alkanes) is 12. The van der Waals surface area contributed by atoms with Gasteiger partial charge in [-0.2, -0.15) is 0 Å². The molecule has 13 nitrogen and oxygen atoms in total. The molecule has 5 atom stereocenters. The molecule has 0 aromatic heterocycles. The first-order valence-electron chi connectivity index (χ1n) is 17.5. The zero-order valence-corrected chi connectivity index (χ0v) is 29.6. The van der Waals surface area contributed by atoms with Crippen molar-refractivity contribution < 1.29 is 39.0 Å². The Morgan fingerprint density at radius 1 is 0.596 bits per heavy atom. The van der Waals surface area contributed by atoms with Crippen molar-refractivity contribution in [2.75, 3.05) is 7.05 Å². The summed E-state index contributed by atoms with van der Waals surface area (Å²) in [5.41, 5.74) is 0. The van der Waals surface area contributed by atoms with E-state index in [0.29, 0.717) is 12.8 Å². The first kappa shape index (κ1) is 43.8. The van der Waals surface area contributed by atoms with Crippen LogP contribution in [0, 0.1) is 5.92 Å². The zero-order valence-electron chi connectivity index (χ0n) is 29.6. The van der Waals surface area contributed by atoms with Crippen LogP contribution in [0.4, 0.5) is 0 Å². The number of aliphatic carboxylic acids is 1. The fourth-order valence-corrected chi connectivity index (χ4v) is 5.15. The van der Waals surface area contributed by atoms with Crippen LogP contribution in [0.15, 0.2) is 0 Å². The number of nitrogens with one attached hydrogen (secondary N) is 5. The molecule has 0 heterocycles. The summed E-state index contributed by atoms with van der Waals surface area (Å²) in [6, 6.07) is -5.02. The van der Waals surface area contributed by atoms with Gasteiger partial charge in [-0.15, -0.1) is 0 Å². The summed E-state index contributed by atoms with van der Waals surface area (Å²) in [4.78, 5) is 74.9. The first-order valence-corrected chi connectivity index (χ1v) is 17.5. The van der Waals surface area contributed by atoms with Gasteiger partial charge in [0.25, 0.3) is 0 Å². The van der Waals surface area contributed by atoms with Crippen LogP contribution in [0.25, 0.3) is 0 Å². The lowest BCUT2D eigenvalue weighted by atomic mass is 10.0. The second-order valence-electron chi connectivity index (χ2n) is 13.0. The molecule has 0 aliphatic carbocycles. The molecule has 13 heteroatoms. The molecular formula is C34H63N5O8. The highest BCUT2D eigenvalue weighted by atomic mass is 16.4. The summed E-state index contributed by atoms with van der Waals surface area (Å²) < 4.78 is 0. The first-order chi connectivity index (χ1) is 22.2. The van der Waals surface area contributed by atoms with Crippen LogP contribution >= 0.6 is 0 Å². The Balaban J connectivity index is 4.84. The molecule has 0 fully saturated rings. The smallest absolute Gasteiger partial charge is 0.305 e. The third-order valence-electron chi connectivity index (χ3n) is 7.94. The van der Waals surface area contributed by atoms with Crippen LogP contribution < -0.4 is 26.6 Å². The van der Waals surface area contributed by atoms with E-state index < -0.39 is 72.2 Å². The molecule has 7 N–H and O–H groups in total. The predicted molar refractivity (Wildman–Crippen MR) is 181 cm³/mol. The van der Waals surface area contributed by atoms with Gasteiger partial charge in [-0.1, -0.05) is 97.8 Å². The summed E-state index contributed by atoms with van der Waals surface area (Å²) in [7, 11) is 1.44. The molecule has 0 saturated heterocycles. The minimum absolute atomic E-state index is 0.0920. The SMILES string of the molecule is CCCCCCCCCCCCCCCC(=O)N[C@H](C(=O)N[C@@H](CC(=O)O)C(=O)N[C@@H](C)C(=O)N[C@@H](CC(C)C)C(=O)NC)[C@@H](C)O. The Bertz CT molecular complexity index is 959. The Morgan fingerprint density at radius 3 is 1.53 bits per heavy atom. The van der Waals surface area contributed by atoms with Crippen LogP contribution in [0.2, 0.25) is 0 Å². The van der Waals surface area contributed by atoms with Gasteiger partial charge < -0.3 is 36.8 Å². The van der Waals surface area contributed by atoms with Gasteiger partial charge in [0, 0.05) is 13.5 Å². The van der Waals surface area contributed by atoms with E-state index in [4.69, 9.17) is 0 Å². The van der Waals surface area contributed by atoms with E-state index in [1.807, 2.05) is 13.8 Å². The summed E-state index contributed by atoms with van der Waals surface area (Å²) >= 11 is 0. The monoisotopic (exact) mass is 669 g/mol. The van der Waals surface area contributed by atoms with Crippen molar-refractivity contribution in [2.24, 2.45) is 5.92 Å². The number of aliphatic hydroxyl groups is 1. The lowest BCUT2D eigenvalue weighted by Gasteiger charge is -2.25. The van der Waals surface area contributed by atoms with Gasteiger partial charge >= 0.3 is 5.97 Å². The molecule has 0 aliphatic rings. The van der Waals surface area contributed by atoms with Gasteiger partial charge in [0.15, 0.2) is 0 Å². The van der Waals surface area contributed by atoms with Gasteiger partial charge in [-0.25, -0.2) is 0 Å². The third-order valence-corrected chi connectivity index (χ3v) is 7.94. The Labute approximate surface area is 281 Å². The molecular weight excluding hydrogens is 606 g/mol. The van der Waals surface area contributed by atoms with Gasteiger partial charge in [0.05, 0.1) is 12.5 Å². The van der Waals surface area contributed by atoms with E-state index in [1.54, 1.807) is 0 Å². The number of carbonyl (C=O) groups is 6. The van der Waals surface area contributed by atoms with Gasteiger partial charge in [0.2, 0.25) is 29.5 Å². The maximum absolute atomic E-state index is 13.0. The van der Waals surface area contributed by atoms with Crippen LogP contribution in [0.1, 0.15) is 137 Å². The maximum Gasteiger partial charge on any atom is 0.305 e. The standard InChI is InChI=1S/C34H63N5O8/c1-7-8-9-10-11-12-13-14-15-16-17-18-19-20-28(41)39-30(25(5)40)34(47)38-27(22-29(42)43)33(46)36-24(4)31(44)37-26(21-23(2)3)32(45)35-6/h23-27,30,40H,7-22H2,1-6H3,(H,35,45)(H,36,46)(H,37,44)(H,38,47)(H,39,41)(H,42,43)/t24-,25+,26-,27-,30-/m0/s1. The number of amides is 5. The summed E-state index contributed by atoms with van der Waals surface area (Å²) in [5.74, 6) is -4.70. The Kier molecular flexibility index (Phi) is 24.0. The topological polar surface area (TPSA) is 203 Å². The number of carbonyl (C=O) groups excluding carboxylic acids is 5. The van der Waals surface area contributed by atoms with Crippen molar-refractivity contribution in [3.63, 3.8) is 0 Å². The fourth-order valence-electron chi connectivity index (χ4n) is 5.15. The summed E-state index contributed by atoms with van der Waals surface area (Å²) in [5, 5.41) is 31.7. The number of aliphatic hydroxyl groups excluding tert-OH is 1. The highest BCUT2D eigenvalue weighted by molar-refractivity contribution is 5.96. The van der Waals surface area contributed by atoms with E-state index in [9.17, 15) is 39.0 Å². The van der Waals surface area contributed by atoms with Gasteiger partial charge in [-0.3, -0.25) is 28.8 Å². The molecule has 0 radical (unpaired) electrons. The molecule has 0 saturated carbocycles. The van der Waals surface area contributed by atoms with Crippen molar-refractivity contribution in [2.45, 2.75) is 168 Å². The molecule has 0 unspecified atom stereocenters. The molecule has 5 amide bonds. The number of rotatable bonds is 27. The van der Waals surface area contributed by atoms with Crippen LogP contribution in [0.3, 0.4) is 0 Å². The predicted octanol–water partition coefficient (Wildman–Crippen LogP) is 3.07. The number of carboxylic acid groups (broad SMARTS) is 1. The number of carboxylic acids is 1. The van der Waals surface area contributed by atoms with Crippen molar-refractivity contribution in [3.8, 4) is 0 Å². The minimum atomic E-state index is -1.60. The number of hydrogen-bond acceptors (Lipinski definition) is 7. The van der Waals surface area contributed by atoms with E-state index in [0.717, 1.165) is 19.3 Å². The Hall–Kier alpha value is -3.22. The summed E-state index contributed by atoms with van der Waals surface area (Å²) in [6.45, 7) is 8.65. The molecule has 0 rings (SSSR count). The minimum Gasteiger partial charge on any atom is -0.481 e. The van der Waals surface area contributed by atoms with Crippen molar-refractivity contribution in [3.05, 3.63) is 0 Å². The third kappa shape index (κ3) is 21.3. The molecule has 0 aromatic rings. The van der Waals surface area contributed by atoms with E-state index in [2.05, 4.69) is 33.5 Å². The molecule has 272 valence electrons. The normalized spacial score (nSPS) is 14.3. The largest absolute Gasteiger partial charge is 0.481 e. The molecule has 0 aliphatic heterocycles. The lowest BCUT2D eigenvalue weighted by Crippen LogP contribution is -2.59. The van der Waals surface area contributed by atoms with Crippen LogP contribution in [-0.2, 0) is 28.8 Å². The molecule has 0 aromatic carbocycles. The average Bonchev–Trinajstić information content (AvgIpc) is 3.00.